The number of benzene rings is 2. The van der Waals surface area contributed by atoms with Gasteiger partial charge < -0.3 is 0 Å². The Balaban J connectivity index is 1.39. The topological polar surface area (TPSA) is 71.5 Å². The van der Waals surface area contributed by atoms with E-state index in [-0.39, 0.29) is 21.3 Å². The molecule has 0 spiro atoms. The number of carbonyl (C=O) groups is 2. The Kier molecular flexibility index (Phi) is 6.18. The summed E-state index contributed by atoms with van der Waals surface area (Å²) in [6.07, 6.45) is 4.47. The van der Waals surface area contributed by atoms with Crippen LogP contribution >= 0.6 is 11.6 Å². The Morgan fingerprint density at radius 2 is 1.62 bits per heavy atom. The van der Waals surface area contributed by atoms with Crippen molar-refractivity contribution in [2.45, 2.75) is 62.3 Å². The number of halogens is 1. The fourth-order valence-electron chi connectivity index (χ4n) is 4.92. The minimum Gasteiger partial charge on any atom is -0.270 e. The molecule has 0 saturated carbocycles. The van der Waals surface area contributed by atoms with Crippen LogP contribution in [-0.2, 0) is 25.8 Å². The van der Waals surface area contributed by atoms with Crippen LogP contribution in [0.1, 0.15) is 43.7 Å². The van der Waals surface area contributed by atoms with Crippen molar-refractivity contribution < 1.29 is 22.6 Å². The minimum absolute atomic E-state index is 0.165. The summed E-state index contributed by atoms with van der Waals surface area (Å²) in [7, 11) is -3.72. The normalized spacial score (nSPS) is 24.1. The van der Waals surface area contributed by atoms with Crippen LogP contribution in [0.5, 0.6) is 0 Å². The Labute approximate surface area is 194 Å². The van der Waals surface area contributed by atoms with E-state index in [1.165, 1.54) is 17.5 Å². The lowest BCUT2D eigenvalue weighted by Gasteiger charge is -2.68. The van der Waals surface area contributed by atoms with E-state index < -0.39 is 21.3 Å². The number of amides is 2. The fourth-order valence-corrected chi connectivity index (χ4v) is 7.18. The third kappa shape index (κ3) is 3.66. The maximum atomic E-state index is 13.3. The number of hydrogen-bond donors (Lipinski definition) is 0. The molecular formula is C24H28ClN2O4S+. The van der Waals surface area contributed by atoms with Gasteiger partial charge in [0.1, 0.15) is 6.54 Å². The van der Waals surface area contributed by atoms with Crippen LogP contribution in [0.4, 0.5) is 0 Å². The first-order valence-electron chi connectivity index (χ1n) is 11.0. The Morgan fingerprint density at radius 1 is 1.00 bits per heavy atom. The molecule has 3 fully saturated rings. The summed E-state index contributed by atoms with van der Waals surface area (Å²) in [6, 6.07) is 13.6. The van der Waals surface area contributed by atoms with Crippen LogP contribution in [0.15, 0.2) is 53.4 Å². The minimum atomic E-state index is -3.72. The number of hydrogen-bond acceptors (Lipinski definition) is 4. The predicted molar refractivity (Wildman–Crippen MR) is 122 cm³/mol. The highest BCUT2D eigenvalue weighted by molar-refractivity contribution is 7.92. The largest absolute Gasteiger partial charge is 0.375 e. The van der Waals surface area contributed by atoms with Crippen molar-refractivity contribution in [3.63, 3.8) is 0 Å². The standard InChI is InChI=1S/C24H28ClN2O4S/c1-17-8-14-21(15-9-17)32(30,31)24-22-23(29)27(24,26(22)18(2)28)16-6-4-3-5-7-19-10-12-20(25)13-11-19/h8-15,22,24H,3-7,16H2,1-2H3/q+1. The molecule has 2 amide bonds. The van der Waals surface area contributed by atoms with Gasteiger partial charge in [0.15, 0.2) is 0 Å². The highest BCUT2D eigenvalue weighted by atomic mass is 35.5. The maximum absolute atomic E-state index is 13.3. The highest BCUT2D eigenvalue weighted by Gasteiger charge is 2.88. The number of carbonyl (C=O) groups excluding carboxylic acids is 2. The molecule has 2 aromatic carbocycles. The number of nitrogens with zero attached hydrogens (tertiary/aromatic N) is 2. The van der Waals surface area contributed by atoms with Gasteiger partial charge in [-0.25, -0.2) is 13.2 Å². The lowest BCUT2D eigenvalue weighted by Crippen LogP contribution is -3.01. The Bertz CT molecular complexity index is 1130. The summed E-state index contributed by atoms with van der Waals surface area (Å²) < 4.78 is 26.2. The molecule has 3 heterocycles. The van der Waals surface area contributed by atoms with Crippen molar-refractivity contribution in [2.24, 2.45) is 0 Å². The molecule has 0 radical (unpaired) electrons. The number of unbranched alkanes of at least 4 members (excludes halogenated alkanes) is 3. The molecule has 32 heavy (non-hydrogen) atoms. The van der Waals surface area contributed by atoms with Gasteiger partial charge in [-0.1, -0.05) is 47.9 Å². The molecule has 2 bridgehead atoms. The van der Waals surface area contributed by atoms with Gasteiger partial charge in [-0.15, -0.1) is 4.59 Å². The maximum Gasteiger partial charge on any atom is 0.375 e. The zero-order valence-electron chi connectivity index (χ0n) is 18.3. The molecule has 0 N–H and O–H groups in total. The second kappa shape index (κ2) is 8.61. The average Bonchev–Trinajstić information content (AvgIpc) is 2.73. The number of rotatable bonds is 9. The number of aryl methyl sites for hydroxylation is 2. The lowest BCUT2D eigenvalue weighted by atomic mass is 9.93. The van der Waals surface area contributed by atoms with Gasteiger partial charge in [0, 0.05) is 11.9 Å². The van der Waals surface area contributed by atoms with Gasteiger partial charge in [0.05, 0.1) is 4.90 Å². The summed E-state index contributed by atoms with van der Waals surface area (Å²) in [5.74, 6) is -0.422. The van der Waals surface area contributed by atoms with Crippen LogP contribution in [0.3, 0.4) is 0 Å². The van der Waals surface area contributed by atoms with Crippen LogP contribution in [0.2, 0.25) is 5.02 Å². The average molecular weight is 476 g/mol. The van der Waals surface area contributed by atoms with Crippen molar-refractivity contribution in [3.8, 4) is 0 Å². The number of β-lactam (4-membered cyclic amide) rings is 1. The summed E-state index contributed by atoms with van der Waals surface area (Å²) in [5, 5.41) is 1.27. The zero-order chi connectivity index (χ0) is 23.1. The Morgan fingerprint density at radius 3 is 2.22 bits per heavy atom. The zero-order valence-corrected chi connectivity index (χ0v) is 19.9. The summed E-state index contributed by atoms with van der Waals surface area (Å²) in [4.78, 5) is 25.0. The molecule has 8 heteroatoms. The van der Waals surface area contributed by atoms with Crippen molar-refractivity contribution >= 4 is 33.3 Å². The molecule has 0 aliphatic carbocycles. The van der Waals surface area contributed by atoms with Crippen LogP contribution in [0.25, 0.3) is 0 Å². The summed E-state index contributed by atoms with van der Waals surface area (Å²) in [5.41, 5.74) is 2.19. The first kappa shape index (κ1) is 23.0. The van der Waals surface area contributed by atoms with E-state index in [1.807, 2.05) is 31.2 Å². The van der Waals surface area contributed by atoms with E-state index in [0.717, 1.165) is 36.3 Å². The lowest BCUT2D eigenvalue weighted by molar-refractivity contribution is -1.07. The molecule has 170 valence electrons. The van der Waals surface area contributed by atoms with E-state index in [2.05, 4.69) is 0 Å². The summed E-state index contributed by atoms with van der Waals surface area (Å²) >= 11 is 5.92. The number of quaternary nitrogens is 1. The van der Waals surface area contributed by atoms with Gasteiger partial charge in [-0.3, -0.25) is 4.79 Å². The van der Waals surface area contributed by atoms with Crippen LogP contribution in [0, 0.1) is 6.92 Å². The van der Waals surface area contributed by atoms with E-state index >= 15 is 0 Å². The molecular weight excluding hydrogens is 448 g/mol. The fraction of sp³-hybridized carbons (Fsp3) is 0.417. The van der Waals surface area contributed by atoms with E-state index in [0.29, 0.717) is 13.0 Å². The van der Waals surface area contributed by atoms with Crippen molar-refractivity contribution in [1.82, 2.24) is 5.01 Å². The monoisotopic (exact) mass is 475 g/mol. The molecule has 3 atom stereocenters. The van der Waals surface area contributed by atoms with Gasteiger partial charge in [0.2, 0.25) is 9.84 Å². The molecule has 5 rings (SSSR count). The van der Waals surface area contributed by atoms with Crippen LogP contribution < -0.4 is 0 Å². The van der Waals surface area contributed by atoms with E-state index in [4.69, 9.17) is 11.6 Å². The van der Waals surface area contributed by atoms with Gasteiger partial charge in [0.25, 0.3) is 17.3 Å². The van der Waals surface area contributed by atoms with Gasteiger partial charge in [-0.2, -0.15) is 5.01 Å². The summed E-state index contributed by atoms with van der Waals surface area (Å²) in [6.45, 7) is 3.63. The van der Waals surface area contributed by atoms with E-state index in [1.54, 1.807) is 24.3 Å². The molecule has 0 aromatic heterocycles. The highest BCUT2D eigenvalue weighted by Crippen LogP contribution is 2.53. The molecule has 3 saturated heterocycles. The molecule has 3 unspecified atom stereocenters. The molecule has 6 nitrogen and oxygen atoms in total. The SMILES string of the molecule is CC(=O)N1C2C(=O)[N+]1(CCCCCCc1ccc(Cl)cc1)C2S(=O)(=O)c1ccc(C)cc1. The third-order valence-electron chi connectivity index (χ3n) is 6.59. The van der Waals surface area contributed by atoms with Crippen molar-refractivity contribution in [1.29, 1.82) is 0 Å². The third-order valence-corrected chi connectivity index (χ3v) is 9.02. The van der Waals surface area contributed by atoms with Gasteiger partial charge >= 0.3 is 5.91 Å². The second-order valence-electron chi connectivity index (χ2n) is 8.74. The predicted octanol–water partition coefficient (Wildman–Crippen LogP) is 4.05. The first-order valence-corrected chi connectivity index (χ1v) is 12.9. The quantitative estimate of drug-likeness (QED) is 0.311. The molecule has 2 aromatic rings. The smallest absolute Gasteiger partial charge is 0.270 e. The van der Waals surface area contributed by atoms with Crippen molar-refractivity contribution in [3.05, 3.63) is 64.7 Å². The van der Waals surface area contributed by atoms with Gasteiger partial charge in [-0.05, 0) is 62.4 Å². The second-order valence-corrected chi connectivity index (χ2v) is 11.2. The molecule has 3 aliphatic heterocycles. The van der Waals surface area contributed by atoms with Crippen molar-refractivity contribution in [2.75, 3.05) is 6.54 Å². The Hall–Kier alpha value is -2.22. The van der Waals surface area contributed by atoms with E-state index in [9.17, 15) is 18.0 Å². The first-order chi connectivity index (χ1) is 15.2. The number of sulfone groups is 1. The molecule has 3 aliphatic rings. The van der Waals surface area contributed by atoms with Crippen LogP contribution in [-0.4, -0.2) is 47.8 Å².